The number of halogens is 1. The largest absolute Gasteiger partial charge is 0.508 e. The lowest BCUT2D eigenvalue weighted by Crippen LogP contribution is -2.01. The van der Waals surface area contributed by atoms with Crippen molar-refractivity contribution in [3.05, 3.63) is 53.6 Å². The van der Waals surface area contributed by atoms with Crippen LogP contribution in [0, 0.1) is 5.82 Å². The smallest absolute Gasteiger partial charge is 0.126 e. The second-order valence-corrected chi connectivity index (χ2v) is 3.54. The first-order valence-corrected chi connectivity index (χ1v) is 5.56. The van der Waals surface area contributed by atoms with E-state index in [4.69, 9.17) is 4.74 Å². The van der Waals surface area contributed by atoms with Crippen molar-refractivity contribution in [3.8, 4) is 5.75 Å². The SMILES string of the molecule is C/C=C(CCOc1cccc(F)c1)\C(O)=C/C. The Bertz CT molecular complexity index is 422. The maximum absolute atomic E-state index is 12.9. The molecule has 0 saturated heterocycles. The number of ether oxygens (including phenoxy) is 1. The third kappa shape index (κ3) is 4.31. The lowest BCUT2D eigenvalue weighted by molar-refractivity contribution is 0.314. The molecular formula is C14H17FO2. The summed E-state index contributed by atoms with van der Waals surface area (Å²) in [5.74, 6) is 0.445. The van der Waals surface area contributed by atoms with Crippen molar-refractivity contribution in [3.63, 3.8) is 0 Å². The highest BCUT2D eigenvalue weighted by molar-refractivity contribution is 5.25. The van der Waals surface area contributed by atoms with E-state index in [0.717, 1.165) is 5.57 Å². The number of hydrogen-bond donors (Lipinski definition) is 1. The van der Waals surface area contributed by atoms with Crippen LogP contribution in [0.1, 0.15) is 20.3 Å². The van der Waals surface area contributed by atoms with Gasteiger partial charge in [0.25, 0.3) is 0 Å². The highest BCUT2D eigenvalue weighted by Crippen LogP contribution is 2.15. The molecule has 0 fully saturated rings. The number of rotatable bonds is 5. The molecule has 92 valence electrons. The van der Waals surface area contributed by atoms with Crippen LogP contribution in [0.15, 0.2) is 47.7 Å². The predicted molar refractivity (Wildman–Crippen MR) is 66.7 cm³/mol. The maximum atomic E-state index is 12.9. The summed E-state index contributed by atoms with van der Waals surface area (Å²) in [7, 11) is 0. The first-order chi connectivity index (χ1) is 8.17. The molecule has 0 aliphatic rings. The summed E-state index contributed by atoms with van der Waals surface area (Å²) in [4.78, 5) is 0. The molecule has 17 heavy (non-hydrogen) atoms. The van der Waals surface area contributed by atoms with E-state index in [-0.39, 0.29) is 11.6 Å². The van der Waals surface area contributed by atoms with Crippen LogP contribution in [0.4, 0.5) is 4.39 Å². The van der Waals surface area contributed by atoms with E-state index >= 15 is 0 Å². The van der Waals surface area contributed by atoms with Gasteiger partial charge in [-0.2, -0.15) is 0 Å². The Morgan fingerprint density at radius 1 is 1.35 bits per heavy atom. The summed E-state index contributed by atoms with van der Waals surface area (Å²) in [5, 5.41) is 9.54. The van der Waals surface area contributed by atoms with Crippen molar-refractivity contribution < 1.29 is 14.2 Å². The lowest BCUT2D eigenvalue weighted by Gasteiger charge is -2.08. The van der Waals surface area contributed by atoms with E-state index in [1.807, 2.05) is 13.0 Å². The molecule has 1 aromatic carbocycles. The van der Waals surface area contributed by atoms with Crippen LogP contribution in [0.25, 0.3) is 0 Å². The molecule has 0 spiro atoms. The fourth-order valence-corrected chi connectivity index (χ4v) is 1.44. The van der Waals surface area contributed by atoms with Gasteiger partial charge >= 0.3 is 0 Å². The molecule has 3 heteroatoms. The Balaban J connectivity index is 2.48. The highest BCUT2D eigenvalue weighted by atomic mass is 19.1. The Morgan fingerprint density at radius 2 is 2.12 bits per heavy atom. The van der Waals surface area contributed by atoms with Gasteiger partial charge in [0.15, 0.2) is 0 Å². The molecule has 0 aromatic heterocycles. The van der Waals surface area contributed by atoms with Gasteiger partial charge in [-0.05, 0) is 37.6 Å². The fourth-order valence-electron chi connectivity index (χ4n) is 1.44. The number of hydrogen-bond acceptors (Lipinski definition) is 2. The van der Waals surface area contributed by atoms with E-state index in [1.54, 1.807) is 25.1 Å². The lowest BCUT2D eigenvalue weighted by atomic mass is 10.1. The summed E-state index contributed by atoms with van der Waals surface area (Å²) in [6.45, 7) is 4.03. The standard InChI is InChI=1S/C14H17FO2/c1-3-11(14(16)4-2)8-9-17-13-7-5-6-12(15)10-13/h3-7,10,16H,8-9H2,1-2H3/b11-3-,14-4+. The summed E-state index contributed by atoms with van der Waals surface area (Å²) in [6.07, 6.45) is 4.06. The molecule has 2 nitrogen and oxygen atoms in total. The van der Waals surface area contributed by atoms with Crippen molar-refractivity contribution >= 4 is 0 Å². The van der Waals surface area contributed by atoms with E-state index in [0.29, 0.717) is 18.8 Å². The molecule has 0 heterocycles. The Kier molecular flexibility index (Phi) is 5.27. The van der Waals surface area contributed by atoms with Gasteiger partial charge in [-0.25, -0.2) is 4.39 Å². The van der Waals surface area contributed by atoms with E-state index < -0.39 is 0 Å². The minimum Gasteiger partial charge on any atom is -0.508 e. The first kappa shape index (κ1) is 13.3. The molecule has 0 aliphatic carbocycles. The zero-order valence-electron chi connectivity index (χ0n) is 10.1. The Hall–Kier alpha value is -1.77. The van der Waals surface area contributed by atoms with Crippen molar-refractivity contribution in [1.82, 2.24) is 0 Å². The van der Waals surface area contributed by atoms with Gasteiger partial charge < -0.3 is 9.84 Å². The second kappa shape index (κ2) is 6.74. The minimum absolute atomic E-state index is 0.260. The van der Waals surface area contributed by atoms with E-state index in [9.17, 15) is 9.50 Å². The molecule has 0 bridgehead atoms. The van der Waals surface area contributed by atoms with Gasteiger partial charge in [-0.15, -0.1) is 0 Å². The number of benzene rings is 1. The van der Waals surface area contributed by atoms with Crippen molar-refractivity contribution in [2.75, 3.05) is 6.61 Å². The molecule has 0 unspecified atom stereocenters. The number of aliphatic hydroxyl groups excluding tert-OH is 1. The molecule has 0 aliphatic heterocycles. The molecule has 0 saturated carbocycles. The average Bonchev–Trinajstić information content (AvgIpc) is 2.34. The normalized spacial score (nSPS) is 12.6. The molecular weight excluding hydrogens is 219 g/mol. The van der Waals surface area contributed by atoms with Gasteiger partial charge in [-0.3, -0.25) is 0 Å². The third-order valence-electron chi connectivity index (χ3n) is 2.39. The van der Waals surface area contributed by atoms with Crippen molar-refractivity contribution in [2.24, 2.45) is 0 Å². The Labute approximate surface area is 101 Å². The molecule has 0 atom stereocenters. The van der Waals surface area contributed by atoms with Crippen LogP contribution in [-0.2, 0) is 0 Å². The molecule has 0 amide bonds. The van der Waals surface area contributed by atoms with Crippen LogP contribution in [-0.4, -0.2) is 11.7 Å². The van der Waals surface area contributed by atoms with E-state index in [2.05, 4.69) is 0 Å². The molecule has 1 aromatic rings. The van der Waals surface area contributed by atoms with Crippen LogP contribution in [0.2, 0.25) is 0 Å². The minimum atomic E-state index is -0.315. The number of allylic oxidation sites excluding steroid dienone is 3. The van der Waals surface area contributed by atoms with Gasteiger partial charge in [0.1, 0.15) is 17.3 Å². The predicted octanol–water partition coefficient (Wildman–Crippen LogP) is 4.00. The third-order valence-corrected chi connectivity index (χ3v) is 2.39. The molecule has 1 N–H and O–H groups in total. The first-order valence-electron chi connectivity index (χ1n) is 5.56. The Morgan fingerprint density at radius 3 is 2.71 bits per heavy atom. The molecule has 1 rings (SSSR count). The number of aliphatic hydroxyl groups is 1. The van der Waals surface area contributed by atoms with Gasteiger partial charge in [0, 0.05) is 12.5 Å². The topological polar surface area (TPSA) is 29.5 Å². The van der Waals surface area contributed by atoms with Gasteiger partial charge in [0.2, 0.25) is 0 Å². The summed E-state index contributed by atoms with van der Waals surface area (Å²) in [6, 6.07) is 6.01. The van der Waals surface area contributed by atoms with Crippen molar-refractivity contribution in [1.29, 1.82) is 0 Å². The highest BCUT2D eigenvalue weighted by Gasteiger charge is 2.02. The quantitative estimate of drug-likeness (QED) is 0.618. The van der Waals surface area contributed by atoms with Gasteiger partial charge in [0.05, 0.1) is 6.61 Å². The van der Waals surface area contributed by atoms with Gasteiger partial charge in [-0.1, -0.05) is 12.1 Å². The van der Waals surface area contributed by atoms with E-state index in [1.165, 1.54) is 12.1 Å². The monoisotopic (exact) mass is 236 g/mol. The van der Waals surface area contributed by atoms with Crippen LogP contribution >= 0.6 is 0 Å². The van der Waals surface area contributed by atoms with Crippen molar-refractivity contribution in [2.45, 2.75) is 20.3 Å². The van der Waals surface area contributed by atoms with Crippen LogP contribution < -0.4 is 4.74 Å². The zero-order chi connectivity index (χ0) is 12.7. The second-order valence-electron chi connectivity index (χ2n) is 3.54. The van der Waals surface area contributed by atoms with Crippen LogP contribution in [0.5, 0.6) is 5.75 Å². The van der Waals surface area contributed by atoms with Crippen LogP contribution in [0.3, 0.4) is 0 Å². The zero-order valence-corrected chi connectivity index (χ0v) is 10.1. The summed E-state index contributed by atoms with van der Waals surface area (Å²) >= 11 is 0. The maximum Gasteiger partial charge on any atom is 0.126 e. The summed E-state index contributed by atoms with van der Waals surface area (Å²) in [5.41, 5.74) is 0.823. The molecule has 0 radical (unpaired) electrons. The summed E-state index contributed by atoms with van der Waals surface area (Å²) < 4.78 is 18.3. The fraction of sp³-hybridized carbons (Fsp3) is 0.286. The average molecular weight is 236 g/mol.